The van der Waals surface area contributed by atoms with Gasteiger partial charge in [-0.15, -0.1) is 0 Å². The second kappa shape index (κ2) is 3.94. The normalized spacial score (nSPS) is 12.7. The molecular formula is C11H13N3O2. The second-order valence-electron chi connectivity index (χ2n) is 3.75. The summed E-state index contributed by atoms with van der Waals surface area (Å²) in [6.07, 6.45) is 0. The van der Waals surface area contributed by atoms with Crippen molar-refractivity contribution in [2.75, 3.05) is 0 Å². The Bertz CT molecular complexity index is 554. The summed E-state index contributed by atoms with van der Waals surface area (Å²) in [4.78, 5) is 11.1. The zero-order chi connectivity index (χ0) is 11.7. The first-order valence-electron chi connectivity index (χ1n) is 4.98. The summed E-state index contributed by atoms with van der Waals surface area (Å²) in [5, 5.41) is 3.72. The molecule has 84 valence electrons. The molecule has 2 rings (SSSR count). The van der Waals surface area contributed by atoms with E-state index in [1.165, 1.54) is 4.57 Å². The summed E-state index contributed by atoms with van der Waals surface area (Å²) in [5.41, 5.74) is 7.61. The molecule has 0 bridgehead atoms. The molecule has 1 aromatic carbocycles. The van der Waals surface area contributed by atoms with Gasteiger partial charge < -0.3 is 5.73 Å². The number of aromatic nitrogens is 2. The molecule has 2 N–H and O–H groups in total. The Kier molecular flexibility index (Phi) is 2.62. The lowest BCUT2D eigenvalue weighted by Crippen LogP contribution is -2.10. The van der Waals surface area contributed by atoms with Gasteiger partial charge in [-0.3, -0.25) is 9.09 Å². The first-order chi connectivity index (χ1) is 7.59. The number of hydrogen-bond acceptors (Lipinski definition) is 4. The number of nitrogens with two attached hydrogens (primary N) is 1. The van der Waals surface area contributed by atoms with Gasteiger partial charge in [-0.2, -0.15) is 0 Å². The van der Waals surface area contributed by atoms with Crippen molar-refractivity contribution in [3.8, 4) is 11.4 Å². The van der Waals surface area contributed by atoms with Crippen LogP contribution in [0.25, 0.3) is 11.4 Å². The van der Waals surface area contributed by atoms with Crippen LogP contribution in [-0.2, 0) is 7.05 Å². The Morgan fingerprint density at radius 1 is 1.50 bits per heavy atom. The molecule has 0 saturated carbocycles. The number of nitrogens with zero attached hydrogens (tertiary/aromatic N) is 2. The highest BCUT2D eigenvalue weighted by Crippen LogP contribution is 2.19. The van der Waals surface area contributed by atoms with E-state index in [-0.39, 0.29) is 6.04 Å². The van der Waals surface area contributed by atoms with Gasteiger partial charge in [0.15, 0.2) is 5.82 Å². The number of rotatable bonds is 2. The number of benzene rings is 1. The van der Waals surface area contributed by atoms with Crippen molar-refractivity contribution in [1.29, 1.82) is 0 Å². The molecule has 1 aromatic heterocycles. The van der Waals surface area contributed by atoms with Crippen LogP contribution in [0.5, 0.6) is 0 Å². The molecule has 0 radical (unpaired) electrons. The van der Waals surface area contributed by atoms with E-state index in [9.17, 15) is 4.79 Å². The molecule has 0 aliphatic heterocycles. The maximum Gasteiger partial charge on any atom is 0.441 e. The monoisotopic (exact) mass is 219 g/mol. The third kappa shape index (κ3) is 1.77. The van der Waals surface area contributed by atoms with Crippen LogP contribution in [0, 0.1) is 0 Å². The minimum absolute atomic E-state index is 0.0520. The standard InChI is InChI=1S/C11H13N3O2/c1-7(12)8-4-3-5-9(6-8)10-13-16-11(15)14(10)2/h3-7H,12H2,1-2H3. The molecular weight excluding hydrogens is 206 g/mol. The lowest BCUT2D eigenvalue weighted by molar-refractivity contribution is 0.380. The summed E-state index contributed by atoms with van der Waals surface area (Å²) in [5.74, 6) is 0.0358. The maximum atomic E-state index is 11.1. The fraction of sp³-hybridized carbons (Fsp3) is 0.273. The molecule has 0 aliphatic rings. The van der Waals surface area contributed by atoms with Gasteiger partial charge in [0.1, 0.15) is 0 Å². The van der Waals surface area contributed by atoms with Crippen molar-refractivity contribution >= 4 is 0 Å². The Labute approximate surface area is 92.5 Å². The summed E-state index contributed by atoms with van der Waals surface area (Å²) in [6.45, 7) is 1.90. The summed E-state index contributed by atoms with van der Waals surface area (Å²) in [6, 6.07) is 7.54. The zero-order valence-electron chi connectivity index (χ0n) is 9.18. The molecule has 16 heavy (non-hydrogen) atoms. The van der Waals surface area contributed by atoms with Crippen molar-refractivity contribution in [3.05, 3.63) is 40.4 Å². The Morgan fingerprint density at radius 3 is 2.81 bits per heavy atom. The maximum absolute atomic E-state index is 11.1. The van der Waals surface area contributed by atoms with E-state index in [0.29, 0.717) is 5.82 Å². The largest absolute Gasteiger partial charge is 0.441 e. The van der Waals surface area contributed by atoms with E-state index in [2.05, 4.69) is 9.68 Å². The first-order valence-corrected chi connectivity index (χ1v) is 4.98. The van der Waals surface area contributed by atoms with Crippen LogP contribution in [-0.4, -0.2) is 9.72 Å². The number of hydrogen-bond donors (Lipinski definition) is 1. The van der Waals surface area contributed by atoms with Crippen molar-refractivity contribution in [2.24, 2.45) is 12.8 Å². The van der Waals surface area contributed by atoms with E-state index in [1.807, 2.05) is 31.2 Å². The van der Waals surface area contributed by atoms with Crippen molar-refractivity contribution in [1.82, 2.24) is 9.72 Å². The quantitative estimate of drug-likeness (QED) is 0.819. The summed E-state index contributed by atoms with van der Waals surface area (Å²) in [7, 11) is 1.62. The van der Waals surface area contributed by atoms with Crippen LogP contribution in [0.4, 0.5) is 0 Å². The highest BCUT2D eigenvalue weighted by molar-refractivity contribution is 5.56. The van der Waals surface area contributed by atoms with E-state index >= 15 is 0 Å². The van der Waals surface area contributed by atoms with E-state index in [4.69, 9.17) is 5.73 Å². The molecule has 0 aliphatic carbocycles. The first kappa shape index (κ1) is 10.6. The topological polar surface area (TPSA) is 74.1 Å². The smallest absolute Gasteiger partial charge is 0.324 e. The lowest BCUT2D eigenvalue weighted by atomic mass is 10.1. The van der Waals surface area contributed by atoms with Crippen molar-refractivity contribution in [3.63, 3.8) is 0 Å². The second-order valence-corrected chi connectivity index (χ2v) is 3.75. The predicted octanol–water partition coefficient (Wildman–Crippen LogP) is 1.06. The average molecular weight is 219 g/mol. The zero-order valence-corrected chi connectivity index (χ0v) is 9.18. The van der Waals surface area contributed by atoms with Gasteiger partial charge in [0, 0.05) is 18.7 Å². The van der Waals surface area contributed by atoms with Crippen LogP contribution in [0.1, 0.15) is 18.5 Å². The third-order valence-electron chi connectivity index (χ3n) is 2.47. The Balaban J connectivity index is 2.52. The summed E-state index contributed by atoms with van der Waals surface area (Å²) < 4.78 is 5.94. The molecule has 5 heteroatoms. The molecule has 1 atom stereocenters. The van der Waals surface area contributed by atoms with Gasteiger partial charge in [-0.25, -0.2) is 4.79 Å². The van der Waals surface area contributed by atoms with Crippen molar-refractivity contribution in [2.45, 2.75) is 13.0 Å². The van der Waals surface area contributed by atoms with E-state index in [1.54, 1.807) is 7.05 Å². The highest BCUT2D eigenvalue weighted by atomic mass is 16.5. The molecule has 0 amide bonds. The van der Waals surface area contributed by atoms with E-state index < -0.39 is 5.76 Å². The predicted molar refractivity (Wildman–Crippen MR) is 59.8 cm³/mol. The highest BCUT2D eigenvalue weighted by Gasteiger charge is 2.10. The molecule has 1 unspecified atom stereocenters. The van der Waals surface area contributed by atoms with Crippen molar-refractivity contribution < 1.29 is 4.52 Å². The van der Waals surface area contributed by atoms with Gasteiger partial charge in [0.05, 0.1) is 0 Å². The fourth-order valence-electron chi connectivity index (χ4n) is 1.50. The molecule has 0 saturated heterocycles. The molecule has 2 aromatic rings. The van der Waals surface area contributed by atoms with Gasteiger partial charge in [-0.1, -0.05) is 23.4 Å². The minimum atomic E-state index is -0.471. The van der Waals surface area contributed by atoms with Gasteiger partial charge in [0.2, 0.25) is 0 Å². The van der Waals surface area contributed by atoms with Gasteiger partial charge in [0.25, 0.3) is 0 Å². The van der Waals surface area contributed by atoms with Gasteiger partial charge in [-0.05, 0) is 18.6 Å². The molecule has 1 heterocycles. The van der Waals surface area contributed by atoms with Crippen LogP contribution in [0.15, 0.2) is 33.6 Å². The average Bonchev–Trinajstić information content (AvgIpc) is 2.60. The minimum Gasteiger partial charge on any atom is -0.324 e. The van der Waals surface area contributed by atoms with Crippen LogP contribution < -0.4 is 11.5 Å². The van der Waals surface area contributed by atoms with Crippen LogP contribution in [0.2, 0.25) is 0 Å². The Morgan fingerprint density at radius 2 is 2.25 bits per heavy atom. The SMILES string of the molecule is CC(N)c1cccc(-c2noc(=O)n2C)c1. The van der Waals surface area contributed by atoms with Crippen LogP contribution in [0.3, 0.4) is 0 Å². The third-order valence-corrected chi connectivity index (χ3v) is 2.47. The Hall–Kier alpha value is -1.88. The summed E-state index contributed by atoms with van der Waals surface area (Å²) >= 11 is 0. The van der Waals surface area contributed by atoms with Crippen LogP contribution >= 0.6 is 0 Å². The molecule has 0 fully saturated rings. The van der Waals surface area contributed by atoms with Gasteiger partial charge >= 0.3 is 5.76 Å². The molecule has 5 nitrogen and oxygen atoms in total. The molecule has 0 spiro atoms. The lowest BCUT2D eigenvalue weighted by Gasteiger charge is -2.06. The van der Waals surface area contributed by atoms with E-state index in [0.717, 1.165) is 11.1 Å². The fourth-order valence-corrected chi connectivity index (χ4v) is 1.50.